The second-order valence-corrected chi connectivity index (χ2v) is 4.67. The molecule has 0 bridgehead atoms. The first-order chi connectivity index (χ1) is 8.58. The van der Waals surface area contributed by atoms with Gasteiger partial charge in [0.1, 0.15) is 0 Å². The number of carbonyl (C=O) groups excluding carboxylic acids is 1. The van der Waals surface area contributed by atoms with E-state index in [2.05, 4.69) is 4.90 Å². The highest BCUT2D eigenvalue weighted by Gasteiger charge is 2.11. The first-order valence-electron chi connectivity index (χ1n) is 6.52. The van der Waals surface area contributed by atoms with Crippen molar-refractivity contribution in [3.8, 4) is 0 Å². The molecule has 3 nitrogen and oxygen atoms in total. The average molecular weight is 249 g/mol. The van der Waals surface area contributed by atoms with Crippen molar-refractivity contribution in [2.45, 2.75) is 27.2 Å². The summed E-state index contributed by atoms with van der Waals surface area (Å²) in [5.74, 6) is 0.151. The zero-order valence-electron chi connectivity index (χ0n) is 11.6. The molecule has 0 aliphatic carbocycles. The van der Waals surface area contributed by atoms with Gasteiger partial charge < -0.3 is 5.11 Å². The lowest BCUT2D eigenvalue weighted by Gasteiger charge is -2.19. The second kappa shape index (κ2) is 7.29. The Morgan fingerprint density at radius 2 is 2.00 bits per heavy atom. The lowest BCUT2D eigenvalue weighted by Crippen LogP contribution is -2.31. The predicted molar refractivity (Wildman–Crippen MR) is 74.1 cm³/mol. The Bertz CT molecular complexity index is 401. The molecule has 1 aromatic carbocycles. The lowest BCUT2D eigenvalue weighted by atomic mass is 10.0. The third-order valence-corrected chi connectivity index (χ3v) is 3.28. The zero-order valence-corrected chi connectivity index (χ0v) is 11.6. The molecule has 1 aromatic rings. The van der Waals surface area contributed by atoms with Gasteiger partial charge in [0.15, 0.2) is 5.78 Å². The number of hydrogen-bond acceptors (Lipinski definition) is 3. The van der Waals surface area contributed by atoms with Gasteiger partial charge in [-0.2, -0.15) is 0 Å². The van der Waals surface area contributed by atoms with Crippen LogP contribution in [0.4, 0.5) is 0 Å². The average Bonchev–Trinajstić information content (AvgIpc) is 2.37. The van der Waals surface area contributed by atoms with Crippen LogP contribution in [0.2, 0.25) is 0 Å². The summed E-state index contributed by atoms with van der Waals surface area (Å²) in [5, 5.41) is 8.82. The Kier molecular flexibility index (Phi) is 6.02. The van der Waals surface area contributed by atoms with Crippen molar-refractivity contribution in [1.82, 2.24) is 4.90 Å². The van der Waals surface area contributed by atoms with Crippen LogP contribution in [0.1, 0.15) is 34.8 Å². The van der Waals surface area contributed by atoms with Gasteiger partial charge in [-0.1, -0.05) is 19.1 Å². The third kappa shape index (κ3) is 4.24. The van der Waals surface area contributed by atoms with Crippen LogP contribution in [0.15, 0.2) is 18.2 Å². The zero-order chi connectivity index (χ0) is 13.5. The number of rotatable bonds is 7. The molecule has 1 rings (SSSR count). The number of nitrogens with zero attached hydrogens (tertiary/aromatic N) is 1. The standard InChI is InChI=1S/C15H23NO2/c1-4-16(8-5-9-17)11-15(18)14-7-6-12(2)13(3)10-14/h6-7,10,17H,4-5,8-9,11H2,1-3H3. The molecule has 3 heteroatoms. The van der Waals surface area contributed by atoms with E-state index in [9.17, 15) is 4.79 Å². The number of carbonyl (C=O) groups is 1. The van der Waals surface area contributed by atoms with Crippen LogP contribution in [0.3, 0.4) is 0 Å². The fourth-order valence-corrected chi connectivity index (χ4v) is 1.85. The van der Waals surface area contributed by atoms with Crippen LogP contribution in [-0.4, -0.2) is 42.0 Å². The minimum atomic E-state index is 0.151. The summed E-state index contributed by atoms with van der Waals surface area (Å²) < 4.78 is 0. The van der Waals surface area contributed by atoms with Crippen LogP contribution >= 0.6 is 0 Å². The normalized spacial score (nSPS) is 10.9. The van der Waals surface area contributed by atoms with Gasteiger partial charge in [0.05, 0.1) is 6.54 Å². The first-order valence-corrected chi connectivity index (χ1v) is 6.52. The highest BCUT2D eigenvalue weighted by Crippen LogP contribution is 2.11. The Balaban J connectivity index is 2.65. The molecule has 18 heavy (non-hydrogen) atoms. The molecule has 100 valence electrons. The molecule has 0 spiro atoms. The smallest absolute Gasteiger partial charge is 0.176 e. The maximum atomic E-state index is 12.1. The second-order valence-electron chi connectivity index (χ2n) is 4.67. The molecule has 0 aliphatic heterocycles. The third-order valence-electron chi connectivity index (χ3n) is 3.28. The van der Waals surface area contributed by atoms with Gasteiger partial charge in [-0.05, 0) is 44.0 Å². The Labute approximate surface area is 109 Å². The van der Waals surface area contributed by atoms with Crippen molar-refractivity contribution in [3.63, 3.8) is 0 Å². The van der Waals surface area contributed by atoms with Crippen molar-refractivity contribution >= 4 is 5.78 Å². The van der Waals surface area contributed by atoms with E-state index >= 15 is 0 Å². The molecule has 1 N–H and O–H groups in total. The summed E-state index contributed by atoms with van der Waals surface area (Å²) in [5.41, 5.74) is 3.14. The van der Waals surface area contributed by atoms with Gasteiger partial charge in [-0.3, -0.25) is 9.69 Å². The van der Waals surface area contributed by atoms with E-state index in [1.54, 1.807) is 0 Å². The van der Waals surface area contributed by atoms with Crippen molar-refractivity contribution in [2.75, 3.05) is 26.2 Å². The van der Waals surface area contributed by atoms with Crippen molar-refractivity contribution in [3.05, 3.63) is 34.9 Å². The molecule has 0 aliphatic rings. The lowest BCUT2D eigenvalue weighted by molar-refractivity contribution is 0.0928. The van der Waals surface area contributed by atoms with Gasteiger partial charge in [0.25, 0.3) is 0 Å². The van der Waals surface area contributed by atoms with Crippen LogP contribution in [0.25, 0.3) is 0 Å². The number of Topliss-reactive ketones (excluding diaryl/α,β-unsaturated/α-hetero) is 1. The number of aryl methyl sites for hydroxylation is 2. The number of likely N-dealkylation sites (N-methyl/N-ethyl adjacent to an activating group) is 1. The number of benzene rings is 1. The van der Waals surface area contributed by atoms with Gasteiger partial charge in [-0.25, -0.2) is 0 Å². The van der Waals surface area contributed by atoms with Crippen LogP contribution in [0, 0.1) is 13.8 Å². The fraction of sp³-hybridized carbons (Fsp3) is 0.533. The molecule has 0 unspecified atom stereocenters. The van der Waals surface area contributed by atoms with Gasteiger partial charge in [-0.15, -0.1) is 0 Å². The molecular formula is C15H23NO2. The van der Waals surface area contributed by atoms with Crippen molar-refractivity contribution in [1.29, 1.82) is 0 Å². The fourth-order valence-electron chi connectivity index (χ4n) is 1.85. The summed E-state index contributed by atoms with van der Waals surface area (Å²) in [6.45, 7) is 8.30. The van der Waals surface area contributed by atoms with Gasteiger partial charge >= 0.3 is 0 Å². The molecule has 0 atom stereocenters. The van der Waals surface area contributed by atoms with E-state index in [0.29, 0.717) is 13.0 Å². The molecule has 0 fully saturated rings. The Hall–Kier alpha value is -1.19. The monoisotopic (exact) mass is 249 g/mol. The molecule has 0 aromatic heterocycles. The summed E-state index contributed by atoms with van der Waals surface area (Å²) in [6.07, 6.45) is 0.716. The van der Waals surface area contributed by atoms with Gasteiger partial charge in [0, 0.05) is 18.7 Å². The summed E-state index contributed by atoms with van der Waals surface area (Å²) >= 11 is 0. The van der Waals surface area contributed by atoms with E-state index in [1.165, 1.54) is 5.56 Å². The Morgan fingerprint density at radius 3 is 2.56 bits per heavy atom. The minimum absolute atomic E-state index is 0.151. The van der Waals surface area contributed by atoms with E-state index in [0.717, 1.165) is 24.2 Å². The highest BCUT2D eigenvalue weighted by atomic mass is 16.3. The van der Waals surface area contributed by atoms with Crippen molar-refractivity contribution < 1.29 is 9.90 Å². The Morgan fingerprint density at radius 1 is 1.28 bits per heavy atom. The predicted octanol–water partition coefficient (Wildman–Crippen LogP) is 2.19. The summed E-state index contributed by atoms with van der Waals surface area (Å²) in [7, 11) is 0. The first kappa shape index (κ1) is 14.9. The molecular weight excluding hydrogens is 226 g/mol. The topological polar surface area (TPSA) is 40.5 Å². The van der Waals surface area contributed by atoms with E-state index in [1.807, 2.05) is 39.0 Å². The molecule has 0 radical (unpaired) electrons. The molecule has 0 saturated carbocycles. The van der Waals surface area contributed by atoms with E-state index < -0.39 is 0 Å². The van der Waals surface area contributed by atoms with Gasteiger partial charge in [0.2, 0.25) is 0 Å². The van der Waals surface area contributed by atoms with E-state index in [-0.39, 0.29) is 12.4 Å². The maximum absolute atomic E-state index is 12.1. The minimum Gasteiger partial charge on any atom is -0.396 e. The van der Waals surface area contributed by atoms with Crippen LogP contribution in [0.5, 0.6) is 0 Å². The molecule has 0 saturated heterocycles. The molecule has 0 amide bonds. The van der Waals surface area contributed by atoms with Crippen LogP contribution < -0.4 is 0 Å². The summed E-state index contributed by atoms with van der Waals surface area (Å²) in [4.78, 5) is 14.2. The van der Waals surface area contributed by atoms with Crippen LogP contribution in [-0.2, 0) is 0 Å². The summed E-state index contributed by atoms with van der Waals surface area (Å²) in [6, 6.07) is 5.84. The number of ketones is 1. The number of hydrogen-bond donors (Lipinski definition) is 1. The van der Waals surface area contributed by atoms with Crippen molar-refractivity contribution in [2.24, 2.45) is 0 Å². The maximum Gasteiger partial charge on any atom is 0.176 e. The largest absolute Gasteiger partial charge is 0.396 e. The van der Waals surface area contributed by atoms with E-state index in [4.69, 9.17) is 5.11 Å². The number of aliphatic hydroxyl groups is 1. The molecule has 0 heterocycles. The highest BCUT2D eigenvalue weighted by molar-refractivity contribution is 5.97. The SMILES string of the molecule is CCN(CCCO)CC(=O)c1ccc(C)c(C)c1. The quantitative estimate of drug-likeness (QED) is 0.753. The number of aliphatic hydroxyl groups excluding tert-OH is 1.